The second-order valence-corrected chi connectivity index (χ2v) is 5.72. The van der Waals surface area contributed by atoms with Gasteiger partial charge in [0.15, 0.2) is 0 Å². The molecule has 0 aliphatic carbocycles. The summed E-state index contributed by atoms with van der Waals surface area (Å²) in [7, 11) is 0. The lowest BCUT2D eigenvalue weighted by Crippen LogP contribution is -2.27. The van der Waals surface area contributed by atoms with Crippen molar-refractivity contribution in [3.63, 3.8) is 0 Å². The van der Waals surface area contributed by atoms with Gasteiger partial charge < -0.3 is 5.32 Å². The second kappa shape index (κ2) is 7.10. The third kappa shape index (κ3) is 4.25. The van der Waals surface area contributed by atoms with Crippen molar-refractivity contribution in [3.8, 4) is 0 Å². The second-order valence-electron chi connectivity index (χ2n) is 5.32. The Morgan fingerprint density at radius 1 is 1.28 bits per heavy atom. The highest BCUT2D eigenvalue weighted by atomic mass is 35.5. The number of benzene rings is 1. The molecule has 0 fully saturated rings. The van der Waals surface area contributed by atoms with Crippen LogP contribution in [-0.2, 0) is 0 Å². The van der Waals surface area contributed by atoms with Crippen LogP contribution in [0.4, 0.5) is 4.39 Å². The Hall–Kier alpha value is -0.600. The van der Waals surface area contributed by atoms with Gasteiger partial charge in [-0.15, -0.1) is 0 Å². The highest BCUT2D eigenvalue weighted by Crippen LogP contribution is 2.29. The fourth-order valence-electron chi connectivity index (χ4n) is 2.45. The Morgan fingerprint density at radius 2 is 1.94 bits per heavy atom. The van der Waals surface area contributed by atoms with E-state index in [1.54, 1.807) is 12.1 Å². The molecule has 2 unspecified atom stereocenters. The molecule has 1 rings (SSSR count). The molecule has 1 aromatic rings. The minimum absolute atomic E-state index is 0.184. The van der Waals surface area contributed by atoms with Crippen molar-refractivity contribution in [1.29, 1.82) is 0 Å². The molecule has 0 saturated carbocycles. The number of rotatable bonds is 6. The van der Waals surface area contributed by atoms with Gasteiger partial charge in [0, 0.05) is 6.04 Å². The molecule has 18 heavy (non-hydrogen) atoms. The lowest BCUT2D eigenvalue weighted by Gasteiger charge is -2.26. The normalized spacial score (nSPS) is 14.8. The lowest BCUT2D eigenvalue weighted by molar-refractivity contribution is 0.332. The first kappa shape index (κ1) is 15.5. The van der Waals surface area contributed by atoms with Gasteiger partial charge in [0.05, 0.1) is 5.02 Å². The average molecular weight is 272 g/mol. The summed E-state index contributed by atoms with van der Waals surface area (Å²) in [6.07, 6.45) is 1.11. The zero-order valence-corrected chi connectivity index (χ0v) is 12.4. The molecule has 3 heteroatoms. The van der Waals surface area contributed by atoms with Crippen molar-refractivity contribution in [2.75, 3.05) is 6.54 Å². The van der Waals surface area contributed by atoms with Crippen LogP contribution in [0.15, 0.2) is 18.2 Å². The van der Waals surface area contributed by atoms with E-state index in [2.05, 4.69) is 33.0 Å². The summed E-state index contributed by atoms with van der Waals surface area (Å²) < 4.78 is 13.5. The molecule has 1 N–H and O–H groups in total. The van der Waals surface area contributed by atoms with Crippen molar-refractivity contribution >= 4 is 11.6 Å². The highest BCUT2D eigenvalue weighted by molar-refractivity contribution is 6.30. The Balaban J connectivity index is 2.92. The smallest absolute Gasteiger partial charge is 0.142 e. The van der Waals surface area contributed by atoms with Crippen LogP contribution in [0.25, 0.3) is 0 Å². The maximum Gasteiger partial charge on any atom is 0.142 e. The van der Waals surface area contributed by atoms with Gasteiger partial charge in [-0.25, -0.2) is 4.39 Å². The van der Waals surface area contributed by atoms with Crippen molar-refractivity contribution in [1.82, 2.24) is 5.32 Å². The van der Waals surface area contributed by atoms with Crippen LogP contribution < -0.4 is 5.32 Å². The SMILES string of the molecule is CCNC(c1ccc(Cl)c(F)c1)C(C)CC(C)C. The molecular formula is C15H23ClFN. The molecule has 0 aromatic heterocycles. The molecule has 0 heterocycles. The van der Waals surface area contributed by atoms with E-state index >= 15 is 0 Å². The van der Waals surface area contributed by atoms with Crippen LogP contribution in [0, 0.1) is 17.7 Å². The number of hydrogen-bond donors (Lipinski definition) is 1. The summed E-state index contributed by atoms with van der Waals surface area (Å²) in [5.74, 6) is 0.762. The molecule has 0 aliphatic rings. The summed E-state index contributed by atoms with van der Waals surface area (Å²) in [5.41, 5.74) is 0.979. The van der Waals surface area contributed by atoms with E-state index in [0.717, 1.165) is 18.5 Å². The molecule has 0 spiro atoms. The fourth-order valence-corrected chi connectivity index (χ4v) is 2.57. The van der Waals surface area contributed by atoms with Gasteiger partial charge in [-0.1, -0.05) is 45.4 Å². The third-order valence-electron chi connectivity index (χ3n) is 3.14. The number of hydrogen-bond acceptors (Lipinski definition) is 1. The van der Waals surface area contributed by atoms with Crippen LogP contribution in [-0.4, -0.2) is 6.54 Å². The van der Waals surface area contributed by atoms with Gasteiger partial charge in [-0.3, -0.25) is 0 Å². The van der Waals surface area contributed by atoms with Crippen molar-refractivity contribution in [2.45, 2.75) is 40.2 Å². The number of nitrogens with one attached hydrogen (secondary N) is 1. The Labute approximate surface area is 115 Å². The first-order chi connectivity index (χ1) is 8.45. The molecule has 0 amide bonds. The largest absolute Gasteiger partial charge is 0.310 e. The summed E-state index contributed by atoms with van der Waals surface area (Å²) >= 11 is 5.73. The number of halogens is 2. The minimum Gasteiger partial charge on any atom is -0.310 e. The minimum atomic E-state index is -0.339. The molecule has 0 radical (unpaired) electrons. The molecule has 0 saturated heterocycles. The first-order valence-corrected chi connectivity index (χ1v) is 7.01. The van der Waals surface area contributed by atoms with Gasteiger partial charge >= 0.3 is 0 Å². The maximum atomic E-state index is 13.5. The summed E-state index contributed by atoms with van der Waals surface area (Å²) in [6.45, 7) is 9.57. The van der Waals surface area contributed by atoms with Gasteiger partial charge in [0.2, 0.25) is 0 Å². The first-order valence-electron chi connectivity index (χ1n) is 6.64. The topological polar surface area (TPSA) is 12.0 Å². The van der Waals surface area contributed by atoms with Gasteiger partial charge in [-0.2, -0.15) is 0 Å². The van der Waals surface area contributed by atoms with Crippen molar-refractivity contribution in [2.24, 2.45) is 11.8 Å². The van der Waals surface area contributed by atoms with Crippen molar-refractivity contribution in [3.05, 3.63) is 34.6 Å². The van der Waals surface area contributed by atoms with Gasteiger partial charge in [0.25, 0.3) is 0 Å². The highest BCUT2D eigenvalue weighted by Gasteiger charge is 2.20. The predicted molar refractivity (Wildman–Crippen MR) is 76.4 cm³/mol. The van der Waals surface area contributed by atoms with E-state index in [-0.39, 0.29) is 16.9 Å². The predicted octanol–water partition coefficient (Wildman–Crippen LogP) is 4.81. The monoisotopic (exact) mass is 271 g/mol. The van der Waals surface area contributed by atoms with Gasteiger partial charge in [0.1, 0.15) is 5.82 Å². The van der Waals surface area contributed by atoms with Crippen LogP contribution in [0.1, 0.15) is 45.7 Å². The van der Waals surface area contributed by atoms with Gasteiger partial charge in [-0.05, 0) is 42.5 Å². The average Bonchev–Trinajstić information content (AvgIpc) is 2.29. The zero-order valence-electron chi connectivity index (χ0n) is 11.6. The van der Waals surface area contributed by atoms with E-state index in [1.807, 2.05) is 6.07 Å². The molecular weight excluding hydrogens is 249 g/mol. The van der Waals surface area contributed by atoms with Crippen LogP contribution >= 0.6 is 11.6 Å². The molecule has 1 nitrogen and oxygen atoms in total. The van der Waals surface area contributed by atoms with E-state index in [4.69, 9.17) is 11.6 Å². The lowest BCUT2D eigenvalue weighted by atomic mass is 9.88. The standard InChI is InChI=1S/C15H23ClFN/c1-5-18-15(11(4)8-10(2)3)12-6-7-13(16)14(17)9-12/h6-7,9-11,15,18H,5,8H2,1-4H3. The van der Waals surface area contributed by atoms with E-state index in [0.29, 0.717) is 11.8 Å². The van der Waals surface area contributed by atoms with Crippen LogP contribution in [0.5, 0.6) is 0 Å². The van der Waals surface area contributed by atoms with E-state index in [9.17, 15) is 4.39 Å². The van der Waals surface area contributed by atoms with E-state index in [1.165, 1.54) is 0 Å². The molecule has 1 aromatic carbocycles. The Morgan fingerprint density at radius 3 is 2.44 bits per heavy atom. The quantitative estimate of drug-likeness (QED) is 0.783. The van der Waals surface area contributed by atoms with Crippen LogP contribution in [0.2, 0.25) is 5.02 Å². The van der Waals surface area contributed by atoms with E-state index < -0.39 is 0 Å². The summed E-state index contributed by atoms with van der Waals surface area (Å²) in [5, 5.41) is 3.63. The Kier molecular flexibility index (Phi) is 6.10. The fraction of sp³-hybridized carbons (Fsp3) is 0.600. The van der Waals surface area contributed by atoms with Crippen molar-refractivity contribution < 1.29 is 4.39 Å². The summed E-state index contributed by atoms with van der Waals surface area (Å²) in [4.78, 5) is 0. The zero-order chi connectivity index (χ0) is 13.7. The molecule has 2 atom stereocenters. The maximum absolute atomic E-state index is 13.5. The van der Waals surface area contributed by atoms with Crippen LogP contribution in [0.3, 0.4) is 0 Å². The molecule has 0 aliphatic heterocycles. The molecule has 0 bridgehead atoms. The Bertz CT molecular complexity index is 379. The molecule has 102 valence electrons. The summed E-state index contributed by atoms with van der Waals surface area (Å²) in [6, 6.07) is 5.28. The third-order valence-corrected chi connectivity index (χ3v) is 3.45.